The molecule has 0 N–H and O–H groups in total. The van der Waals surface area contributed by atoms with Crippen molar-refractivity contribution < 1.29 is 0 Å². The average Bonchev–Trinajstić information content (AvgIpc) is 3.36. The third kappa shape index (κ3) is 3.03. The molecule has 7 heteroatoms. The smallest absolute Gasteiger partial charge is 0.156 e. The van der Waals surface area contributed by atoms with Crippen LogP contribution in [0.1, 0.15) is 13.8 Å². The summed E-state index contributed by atoms with van der Waals surface area (Å²) in [5.74, 6) is 1.59. The van der Waals surface area contributed by atoms with E-state index in [0.717, 1.165) is 17.3 Å². The molecule has 0 aliphatic carbocycles. The van der Waals surface area contributed by atoms with Crippen molar-refractivity contribution in [2.24, 2.45) is 0 Å². The zero-order valence-electron chi connectivity index (χ0n) is 13.0. The highest BCUT2D eigenvalue weighted by Gasteiger charge is 2.06. The van der Waals surface area contributed by atoms with Crippen molar-refractivity contribution in [1.29, 1.82) is 0 Å². The van der Waals surface area contributed by atoms with E-state index in [9.17, 15) is 0 Å². The number of imidazole rings is 3. The van der Waals surface area contributed by atoms with Crippen LogP contribution in [0.3, 0.4) is 0 Å². The summed E-state index contributed by atoms with van der Waals surface area (Å²) in [6.07, 6.45) is 16.1. The van der Waals surface area contributed by atoms with Crippen molar-refractivity contribution in [1.82, 2.24) is 33.6 Å². The minimum absolute atomic E-state index is 0.797. The topological polar surface area (TPSA) is 66.3 Å². The van der Waals surface area contributed by atoms with E-state index < -0.39 is 0 Å². The minimum Gasteiger partial charge on any atom is -0.304 e. The summed E-state index contributed by atoms with van der Waals surface area (Å²) in [5.41, 5.74) is 1.01. The fourth-order valence-electron chi connectivity index (χ4n) is 2.07. The van der Waals surface area contributed by atoms with Crippen molar-refractivity contribution in [3.05, 3.63) is 68.3 Å². The number of hydrogen-bond acceptors (Lipinski definition) is 4. The molecule has 0 saturated heterocycles. The van der Waals surface area contributed by atoms with Crippen LogP contribution in [0.2, 0.25) is 0 Å². The molecule has 7 nitrogen and oxygen atoms in total. The second kappa shape index (κ2) is 6.69. The van der Waals surface area contributed by atoms with Crippen LogP contribution in [-0.4, -0.2) is 33.6 Å². The summed E-state index contributed by atoms with van der Waals surface area (Å²) in [6.45, 7) is 4.00. The molecular formula is C16H17N7. The molecule has 4 heterocycles. The highest BCUT2D eigenvalue weighted by molar-refractivity contribution is 5.33. The van der Waals surface area contributed by atoms with E-state index in [1.54, 1.807) is 37.6 Å². The number of aromatic nitrogens is 7. The van der Waals surface area contributed by atoms with Crippen LogP contribution in [0, 0.1) is 0 Å². The maximum Gasteiger partial charge on any atom is 0.156 e. The Morgan fingerprint density at radius 1 is 0.696 bits per heavy atom. The number of hydrogen-bond donors (Lipinski definition) is 0. The molecular weight excluding hydrogens is 290 g/mol. The molecule has 0 aliphatic rings. The molecule has 0 aliphatic heterocycles. The first-order chi connectivity index (χ1) is 11.4. The summed E-state index contributed by atoms with van der Waals surface area (Å²) >= 11 is 0. The van der Waals surface area contributed by atoms with E-state index in [1.165, 1.54) is 0 Å². The third-order valence-electron chi connectivity index (χ3n) is 3.13. The Bertz CT molecular complexity index is 844. The largest absolute Gasteiger partial charge is 0.304 e. The second-order valence-corrected chi connectivity index (χ2v) is 4.45. The average molecular weight is 307 g/mol. The maximum atomic E-state index is 4.40. The van der Waals surface area contributed by atoms with E-state index in [-0.39, 0.29) is 0 Å². The molecule has 4 aromatic rings. The van der Waals surface area contributed by atoms with E-state index >= 15 is 0 Å². The van der Waals surface area contributed by atoms with Gasteiger partial charge in [0.1, 0.15) is 19.0 Å². The summed E-state index contributed by atoms with van der Waals surface area (Å²) in [7, 11) is 0. The first-order valence-corrected chi connectivity index (χ1v) is 7.37. The third-order valence-corrected chi connectivity index (χ3v) is 3.13. The fourth-order valence-corrected chi connectivity index (χ4v) is 2.07. The molecule has 0 aromatic carbocycles. The molecule has 4 aromatic heterocycles. The van der Waals surface area contributed by atoms with Gasteiger partial charge in [0.2, 0.25) is 0 Å². The maximum absolute atomic E-state index is 4.40. The Kier molecular flexibility index (Phi) is 4.28. The number of rotatable bonds is 3. The molecule has 0 spiro atoms. The highest BCUT2D eigenvalue weighted by Crippen LogP contribution is 2.12. The zero-order chi connectivity index (χ0) is 16.1. The molecule has 116 valence electrons. The lowest BCUT2D eigenvalue weighted by Gasteiger charge is -1.99. The van der Waals surface area contributed by atoms with E-state index in [0.29, 0.717) is 0 Å². The van der Waals surface area contributed by atoms with Crippen LogP contribution in [0.4, 0.5) is 0 Å². The quantitative estimate of drug-likeness (QED) is 0.583. The van der Waals surface area contributed by atoms with E-state index in [1.807, 2.05) is 58.3 Å². The predicted octanol–water partition coefficient (Wildman–Crippen LogP) is 2.66. The first-order valence-electron chi connectivity index (χ1n) is 7.37. The van der Waals surface area contributed by atoms with Gasteiger partial charge in [-0.3, -0.25) is 14.1 Å². The lowest BCUT2D eigenvalue weighted by Crippen LogP contribution is -1.92. The van der Waals surface area contributed by atoms with Crippen molar-refractivity contribution in [3.63, 3.8) is 0 Å². The van der Waals surface area contributed by atoms with Gasteiger partial charge in [-0.1, -0.05) is 13.8 Å². The lowest BCUT2D eigenvalue weighted by molar-refractivity contribution is 1.00. The minimum atomic E-state index is 0.797. The van der Waals surface area contributed by atoms with Gasteiger partial charge in [0, 0.05) is 30.5 Å². The molecule has 0 atom stereocenters. The van der Waals surface area contributed by atoms with Gasteiger partial charge in [-0.25, -0.2) is 15.0 Å². The van der Waals surface area contributed by atoms with Crippen molar-refractivity contribution in [2.45, 2.75) is 13.8 Å². The van der Waals surface area contributed by atoms with Crippen molar-refractivity contribution >= 4 is 0 Å². The van der Waals surface area contributed by atoms with Crippen LogP contribution in [0.5, 0.6) is 0 Å². The monoisotopic (exact) mass is 307 g/mol. The van der Waals surface area contributed by atoms with Gasteiger partial charge in [0.15, 0.2) is 11.6 Å². The van der Waals surface area contributed by atoms with E-state index in [2.05, 4.69) is 19.9 Å². The van der Waals surface area contributed by atoms with Gasteiger partial charge in [-0.2, -0.15) is 0 Å². The Balaban J connectivity index is 0.000000753. The molecule has 0 amide bonds. The standard InChI is InChI=1S/C14H11N7.C2H6/c1-3-15-4-2-12(1)20-7-14(17-10-20)21-8-13(18-11-21)19-6-5-16-9-19;1-2/h1-11H;1-2H3. The van der Waals surface area contributed by atoms with Gasteiger partial charge in [-0.15, -0.1) is 0 Å². The van der Waals surface area contributed by atoms with Crippen LogP contribution in [0.15, 0.2) is 68.3 Å². The molecule has 23 heavy (non-hydrogen) atoms. The van der Waals surface area contributed by atoms with Gasteiger partial charge < -0.3 is 4.57 Å². The highest BCUT2D eigenvalue weighted by atomic mass is 15.2. The molecule has 0 unspecified atom stereocenters. The number of pyridine rings is 1. The summed E-state index contributed by atoms with van der Waals surface area (Å²) < 4.78 is 5.65. The van der Waals surface area contributed by atoms with Crippen molar-refractivity contribution in [2.75, 3.05) is 0 Å². The fraction of sp³-hybridized carbons (Fsp3) is 0.125. The zero-order valence-corrected chi connectivity index (χ0v) is 13.0. The van der Waals surface area contributed by atoms with E-state index in [4.69, 9.17) is 0 Å². The Hall–Kier alpha value is -3.22. The van der Waals surface area contributed by atoms with Crippen LogP contribution in [-0.2, 0) is 0 Å². The molecule has 0 fully saturated rings. The molecule has 0 bridgehead atoms. The van der Waals surface area contributed by atoms with Crippen LogP contribution in [0.25, 0.3) is 17.3 Å². The van der Waals surface area contributed by atoms with Gasteiger partial charge in [-0.05, 0) is 12.1 Å². The summed E-state index contributed by atoms with van der Waals surface area (Å²) in [4.78, 5) is 16.8. The predicted molar refractivity (Wildman–Crippen MR) is 87.0 cm³/mol. The first kappa shape index (κ1) is 14.7. The molecule has 4 rings (SSSR count). The normalized spacial score (nSPS) is 10.2. The summed E-state index contributed by atoms with van der Waals surface area (Å²) in [5, 5.41) is 0. The Morgan fingerprint density at radius 2 is 1.35 bits per heavy atom. The summed E-state index contributed by atoms with van der Waals surface area (Å²) in [6, 6.07) is 3.85. The molecule has 0 saturated carbocycles. The lowest BCUT2D eigenvalue weighted by atomic mass is 10.4. The van der Waals surface area contributed by atoms with Crippen LogP contribution < -0.4 is 0 Å². The van der Waals surface area contributed by atoms with Crippen molar-refractivity contribution in [3.8, 4) is 17.3 Å². The Labute approximate surface area is 133 Å². The van der Waals surface area contributed by atoms with Gasteiger partial charge in [0.05, 0.1) is 12.4 Å². The number of nitrogens with zero attached hydrogens (tertiary/aromatic N) is 7. The second-order valence-electron chi connectivity index (χ2n) is 4.45. The SMILES string of the molecule is CC.c1cc(-n2cnc(-n3cnc(-n4ccnc4)c3)c2)ccn1. The van der Waals surface area contributed by atoms with Gasteiger partial charge >= 0.3 is 0 Å². The molecule has 0 radical (unpaired) electrons. The van der Waals surface area contributed by atoms with Gasteiger partial charge in [0.25, 0.3) is 0 Å². The Morgan fingerprint density at radius 3 is 2.04 bits per heavy atom. The van der Waals surface area contributed by atoms with Crippen LogP contribution >= 0.6 is 0 Å².